The van der Waals surface area contributed by atoms with Gasteiger partial charge in [0.2, 0.25) is 5.76 Å². The summed E-state index contributed by atoms with van der Waals surface area (Å²) in [7, 11) is 1.33. The third kappa shape index (κ3) is 3.57. The molecule has 0 radical (unpaired) electrons. The molecule has 0 saturated heterocycles. The summed E-state index contributed by atoms with van der Waals surface area (Å²) in [4.78, 5) is 13.4. The predicted octanol–water partition coefficient (Wildman–Crippen LogP) is 1.19. The highest BCUT2D eigenvalue weighted by Gasteiger charge is 2.17. The molecule has 5 nitrogen and oxygen atoms in total. The van der Waals surface area contributed by atoms with Crippen molar-refractivity contribution < 1.29 is 19.1 Å². The zero-order valence-corrected chi connectivity index (χ0v) is 10.5. The molecular formula is C12H19NO4. The summed E-state index contributed by atoms with van der Waals surface area (Å²) in [5.41, 5.74) is 0.770. The second kappa shape index (κ2) is 6.42. The Morgan fingerprint density at radius 2 is 2.29 bits per heavy atom. The van der Waals surface area contributed by atoms with Gasteiger partial charge in [0.15, 0.2) is 0 Å². The molecular weight excluding hydrogens is 222 g/mol. The molecule has 96 valence electrons. The van der Waals surface area contributed by atoms with E-state index in [0.29, 0.717) is 18.8 Å². The van der Waals surface area contributed by atoms with Gasteiger partial charge in [0.25, 0.3) is 0 Å². The molecule has 0 atom stereocenters. The molecule has 0 aliphatic heterocycles. The molecule has 0 unspecified atom stereocenters. The first-order chi connectivity index (χ1) is 8.12. The molecule has 17 heavy (non-hydrogen) atoms. The maximum atomic E-state index is 11.4. The summed E-state index contributed by atoms with van der Waals surface area (Å²) >= 11 is 0. The van der Waals surface area contributed by atoms with Crippen molar-refractivity contribution in [2.24, 2.45) is 0 Å². The lowest BCUT2D eigenvalue weighted by molar-refractivity contribution is 0.0559. The van der Waals surface area contributed by atoms with Crippen LogP contribution in [0.3, 0.4) is 0 Å². The number of methoxy groups -OCH3 is 1. The Bertz CT molecular complexity index is 373. The van der Waals surface area contributed by atoms with E-state index in [2.05, 4.69) is 4.74 Å². The number of carbonyl (C=O) groups is 1. The van der Waals surface area contributed by atoms with E-state index in [9.17, 15) is 4.79 Å². The largest absolute Gasteiger partial charge is 0.463 e. The first kappa shape index (κ1) is 13.7. The predicted molar refractivity (Wildman–Crippen MR) is 62.8 cm³/mol. The van der Waals surface area contributed by atoms with Crippen LogP contribution in [0.1, 0.15) is 28.8 Å². The Hall–Kier alpha value is -1.33. The van der Waals surface area contributed by atoms with Crippen LogP contribution in [0, 0.1) is 6.92 Å². The SMILES string of the molecule is CCN(CCO)Cc1cc(C)c(C(=O)OC)o1. The van der Waals surface area contributed by atoms with E-state index in [1.54, 1.807) is 0 Å². The average Bonchev–Trinajstić information content (AvgIpc) is 2.68. The van der Waals surface area contributed by atoms with Crippen LogP contribution in [0.2, 0.25) is 0 Å². The Morgan fingerprint density at radius 3 is 2.82 bits per heavy atom. The molecule has 1 aromatic heterocycles. The maximum absolute atomic E-state index is 11.4. The van der Waals surface area contributed by atoms with Crippen molar-refractivity contribution in [2.75, 3.05) is 26.8 Å². The highest BCUT2D eigenvalue weighted by molar-refractivity contribution is 5.87. The van der Waals surface area contributed by atoms with Crippen molar-refractivity contribution in [3.63, 3.8) is 0 Å². The molecule has 1 heterocycles. The van der Waals surface area contributed by atoms with Crippen LogP contribution in [-0.2, 0) is 11.3 Å². The van der Waals surface area contributed by atoms with Gasteiger partial charge in [-0.05, 0) is 19.5 Å². The molecule has 1 N–H and O–H groups in total. The molecule has 0 aliphatic carbocycles. The van der Waals surface area contributed by atoms with Crippen LogP contribution in [0.4, 0.5) is 0 Å². The number of hydrogen-bond donors (Lipinski definition) is 1. The lowest BCUT2D eigenvalue weighted by atomic mass is 10.2. The van der Waals surface area contributed by atoms with Crippen LogP contribution in [0.5, 0.6) is 0 Å². The Morgan fingerprint density at radius 1 is 1.59 bits per heavy atom. The minimum atomic E-state index is -0.459. The van der Waals surface area contributed by atoms with E-state index < -0.39 is 5.97 Å². The fraction of sp³-hybridized carbons (Fsp3) is 0.583. The molecule has 1 aromatic rings. The Kier molecular flexibility index (Phi) is 5.18. The van der Waals surface area contributed by atoms with Gasteiger partial charge in [0.05, 0.1) is 20.3 Å². The van der Waals surface area contributed by atoms with Crippen LogP contribution in [0.15, 0.2) is 10.5 Å². The van der Waals surface area contributed by atoms with Crippen LogP contribution in [-0.4, -0.2) is 42.8 Å². The van der Waals surface area contributed by atoms with Crippen molar-refractivity contribution in [3.05, 3.63) is 23.2 Å². The molecule has 0 aromatic carbocycles. The minimum absolute atomic E-state index is 0.109. The number of aliphatic hydroxyl groups excluding tert-OH is 1. The van der Waals surface area contributed by atoms with Gasteiger partial charge >= 0.3 is 5.97 Å². The number of aryl methyl sites for hydroxylation is 1. The first-order valence-electron chi connectivity index (χ1n) is 5.63. The van der Waals surface area contributed by atoms with Gasteiger partial charge in [0, 0.05) is 12.1 Å². The van der Waals surface area contributed by atoms with Gasteiger partial charge in [-0.1, -0.05) is 6.92 Å². The van der Waals surface area contributed by atoms with Crippen LogP contribution in [0.25, 0.3) is 0 Å². The van der Waals surface area contributed by atoms with Gasteiger partial charge in [-0.3, -0.25) is 4.90 Å². The maximum Gasteiger partial charge on any atom is 0.374 e. The van der Waals surface area contributed by atoms with E-state index in [1.165, 1.54) is 7.11 Å². The molecule has 0 amide bonds. The van der Waals surface area contributed by atoms with E-state index >= 15 is 0 Å². The number of aliphatic hydroxyl groups is 1. The average molecular weight is 241 g/mol. The standard InChI is InChI=1S/C12H19NO4/c1-4-13(5-6-14)8-10-7-9(2)11(17-10)12(15)16-3/h7,14H,4-6,8H2,1-3H3. The summed E-state index contributed by atoms with van der Waals surface area (Å²) in [6.45, 7) is 5.90. The minimum Gasteiger partial charge on any atom is -0.463 e. The van der Waals surface area contributed by atoms with Crippen LogP contribution >= 0.6 is 0 Å². The number of nitrogens with zero attached hydrogens (tertiary/aromatic N) is 1. The topological polar surface area (TPSA) is 62.9 Å². The third-order valence-electron chi connectivity index (χ3n) is 2.58. The molecule has 0 fully saturated rings. The summed E-state index contributed by atoms with van der Waals surface area (Å²) < 4.78 is 10.1. The molecule has 1 rings (SSSR count). The first-order valence-corrected chi connectivity index (χ1v) is 5.63. The number of rotatable bonds is 6. The van der Waals surface area contributed by atoms with Gasteiger partial charge in [0.1, 0.15) is 5.76 Å². The van der Waals surface area contributed by atoms with Crippen molar-refractivity contribution in [1.82, 2.24) is 4.90 Å². The van der Waals surface area contributed by atoms with Crippen molar-refractivity contribution >= 4 is 5.97 Å². The zero-order chi connectivity index (χ0) is 12.8. The Balaban J connectivity index is 2.75. The highest BCUT2D eigenvalue weighted by atomic mass is 16.5. The van der Waals surface area contributed by atoms with E-state index in [1.807, 2.05) is 24.8 Å². The smallest absolute Gasteiger partial charge is 0.374 e. The zero-order valence-electron chi connectivity index (χ0n) is 10.5. The Labute approximate surface area is 101 Å². The number of hydrogen-bond acceptors (Lipinski definition) is 5. The lowest BCUT2D eigenvalue weighted by Gasteiger charge is -2.17. The monoisotopic (exact) mass is 241 g/mol. The summed E-state index contributed by atoms with van der Waals surface area (Å²) in [6.07, 6.45) is 0. The van der Waals surface area contributed by atoms with Crippen molar-refractivity contribution in [3.8, 4) is 0 Å². The number of ether oxygens (including phenoxy) is 1. The molecule has 0 aliphatic rings. The lowest BCUT2D eigenvalue weighted by Crippen LogP contribution is -2.25. The number of carbonyl (C=O) groups excluding carboxylic acids is 1. The fourth-order valence-corrected chi connectivity index (χ4v) is 1.63. The fourth-order valence-electron chi connectivity index (χ4n) is 1.63. The van der Waals surface area contributed by atoms with E-state index in [-0.39, 0.29) is 12.4 Å². The van der Waals surface area contributed by atoms with Crippen molar-refractivity contribution in [2.45, 2.75) is 20.4 Å². The van der Waals surface area contributed by atoms with Gasteiger partial charge in [-0.15, -0.1) is 0 Å². The second-order valence-electron chi connectivity index (χ2n) is 3.81. The third-order valence-corrected chi connectivity index (χ3v) is 2.58. The number of furan rings is 1. The van der Waals surface area contributed by atoms with E-state index in [0.717, 1.165) is 12.1 Å². The summed E-state index contributed by atoms with van der Waals surface area (Å²) in [5, 5.41) is 8.89. The number of likely N-dealkylation sites (N-methyl/N-ethyl adjacent to an activating group) is 1. The van der Waals surface area contributed by atoms with Gasteiger partial charge < -0.3 is 14.3 Å². The number of esters is 1. The van der Waals surface area contributed by atoms with Gasteiger partial charge in [-0.25, -0.2) is 4.79 Å². The highest BCUT2D eigenvalue weighted by Crippen LogP contribution is 2.17. The quantitative estimate of drug-likeness (QED) is 0.758. The van der Waals surface area contributed by atoms with E-state index in [4.69, 9.17) is 9.52 Å². The molecule has 0 spiro atoms. The normalized spacial score (nSPS) is 10.9. The van der Waals surface area contributed by atoms with Crippen molar-refractivity contribution in [1.29, 1.82) is 0 Å². The summed E-state index contributed by atoms with van der Waals surface area (Å²) in [6, 6.07) is 1.83. The summed E-state index contributed by atoms with van der Waals surface area (Å²) in [5.74, 6) is 0.500. The van der Waals surface area contributed by atoms with Crippen LogP contribution < -0.4 is 0 Å². The molecule has 0 bridgehead atoms. The molecule has 5 heteroatoms. The second-order valence-corrected chi connectivity index (χ2v) is 3.81. The van der Waals surface area contributed by atoms with Gasteiger partial charge in [-0.2, -0.15) is 0 Å². The molecule has 0 saturated carbocycles.